The molecule has 0 spiro atoms. The van der Waals surface area contributed by atoms with Gasteiger partial charge < -0.3 is 10.2 Å². The molecule has 1 amide bonds. The molecule has 0 bridgehead atoms. The van der Waals surface area contributed by atoms with E-state index in [4.69, 9.17) is 0 Å². The van der Waals surface area contributed by atoms with Gasteiger partial charge in [0.2, 0.25) is 5.91 Å². The molecule has 3 nitrogen and oxygen atoms in total. The molecule has 4 heteroatoms. The molecule has 1 N–H and O–H groups in total. The number of hydrogen-bond acceptors (Lipinski definition) is 2. The lowest BCUT2D eigenvalue weighted by atomic mass is 9.91. The predicted molar refractivity (Wildman–Crippen MR) is 108 cm³/mol. The van der Waals surface area contributed by atoms with E-state index in [1.165, 1.54) is 17.2 Å². The summed E-state index contributed by atoms with van der Waals surface area (Å²) in [7, 11) is 0. The minimum atomic E-state index is -0.174. The lowest BCUT2D eigenvalue weighted by Gasteiger charge is -2.33. The first-order valence-electron chi connectivity index (χ1n) is 9.78. The summed E-state index contributed by atoms with van der Waals surface area (Å²) in [5.41, 5.74) is 6.59. The number of nitrogens with one attached hydrogen (secondary N) is 1. The molecule has 0 saturated heterocycles. The zero-order valence-electron chi connectivity index (χ0n) is 16.4. The number of hydrogen-bond donors (Lipinski definition) is 1. The van der Waals surface area contributed by atoms with Gasteiger partial charge in [-0.05, 0) is 72.9 Å². The number of carbonyl (C=O) groups is 1. The Morgan fingerprint density at radius 1 is 1.26 bits per heavy atom. The number of carbonyl (C=O) groups excluding carboxylic acids is 1. The van der Waals surface area contributed by atoms with E-state index >= 15 is 0 Å². The highest BCUT2D eigenvalue weighted by atomic mass is 19.1. The first-order valence-corrected chi connectivity index (χ1v) is 9.78. The molecule has 2 aromatic carbocycles. The smallest absolute Gasteiger partial charge is 0.224 e. The predicted octanol–water partition coefficient (Wildman–Crippen LogP) is 5.13. The van der Waals surface area contributed by atoms with Gasteiger partial charge in [-0.15, -0.1) is 0 Å². The van der Waals surface area contributed by atoms with Crippen LogP contribution in [0.4, 0.5) is 15.8 Å². The zero-order chi connectivity index (χ0) is 19.2. The second-order valence-corrected chi connectivity index (χ2v) is 8.49. The first kappa shape index (κ1) is 18.0. The third kappa shape index (κ3) is 3.58. The van der Waals surface area contributed by atoms with Crippen LogP contribution in [0.3, 0.4) is 0 Å². The normalized spacial score (nSPS) is 17.4. The van der Waals surface area contributed by atoms with Crippen LogP contribution in [-0.4, -0.2) is 12.5 Å². The van der Waals surface area contributed by atoms with E-state index in [-0.39, 0.29) is 17.1 Å². The average molecular weight is 366 g/mol. The van der Waals surface area contributed by atoms with Crippen molar-refractivity contribution in [1.29, 1.82) is 0 Å². The number of aryl methyl sites for hydroxylation is 1. The van der Waals surface area contributed by atoms with Gasteiger partial charge in [-0.3, -0.25) is 4.79 Å². The van der Waals surface area contributed by atoms with Crippen LogP contribution in [0.25, 0.3) is 0 Å². The maximum atomic E-state index is 14.2. The fourth-order valence-electron chi connectivity index (χ4n) is 4.20. The van der Waals surface area contributed by atoms with Gasteiger partial charge in [0.15, 0.2) is 0 Å². The van der Waals surface area contributed by atoms with E-state index in [1.54, 1.807) is 6.07 Å². The van der Waals surface area contributed by atoms with Gasteiger partial charge >= 0.3 is 0 Å². The van der Waals surface area contributed by atoms with Gasteiger partial charge in [0, 0.05) is 25.2 Å². The van der Waals surface area contributed by atoms with Crippen LogP contribution < -0.4 is 10.2 Å². The summed E-state index contributed by atoms with van der Waals surface area (Å²) in [5, 5.41) is 3.16. The molecule has 1 fully saturated rings. The molecule has 1 heterocycles. The SMILES string of the molecule is Cc1cc2c(c(C)c1NC(=O)CC1(C)CC1)CCN(c1ccccc1F)C2. The summed E-state index contributed by atoms with van der Waals surface area (Å²) in [6.07, 6.45) is 3.75. The summed E-state index contributed by atoms with van der Waals surface area (Å²) in [5.74, 6) is -0.0585. The highest BCUT2D eigenvalue weighted by Gasteiger charge is 2.39. The molecular formula is C23H27FN2O. The second kappa shape index (κ2) is 6.66. The maximum absolute atomic E-state index is 14.2. The van der Waals surface area contributed by atoms with E-state index in [0.29, 0.717) is 18.7 Å². The Bertz CT molecular complexity index is 901. The molecule has 2 aliphatic rings. The number of benzene rings is 2. The van der Waals surface area contributed by atoms with E-state index in [2.05, 4.69) is 30.1 Å². The molecule has 1 aliphatic heterocycles. The van der Waals surface area contributed by atoms with Crippen LogP contribution in [-0.2, 0) is 17.8 Å². The zero-order valence-corrected chi connectivity index (χ0v) is 16.4. The molecule has 1 saturated carbocycles. The third-order valence-electron chi connectivity index (χ3n) is 6.14. The van der Waals surface area contributed by atoms with Crippen molar-refractivity contribution in [2.75, 3.05) is 16.8 Å². The minimum absolute atomic E-state index is 0.116. The number of rotatable bonds is 4. The Kier molecular flexibility index (Phi) is 4.45. The highest BCUT2D eigenvalue weighted by Crippen LogP contribution is 2.48. The van der Waals surface area contributed by atoms with Crippen molar-refractivity contribution in [2.24, 2.45) is 5.41 Å². The molecule has 2 aromatic rings. The molecule has 0 aromatic heterocycles. The standard InChI is InChI=1S/C23H27FN2O/c1-15-12-17-14-26(20-7-5-4-6-19(20)24)11-8-18(17)16(2)22(15)25-21(27)13-23(3)9-10-23/h4-7,12H,8-11,13-14H2,1-3H3,(H,25,27). The Morgan fingerprint density at radius 3 is 2.70 bits per heavy atom. The van der Waals surface area contributed by atoms with Crippen molar-refractivity contribution in [3.8, 4) is 0 Å². The highest BCUT2D eigenvalue weighted by molar-refractivity contribution is 5.93. The van der Waals surface area contributed by atoms with Crippen LogP contribution in [0, 0.1) is 25.1 Å². The summed E-state index contributed by atoms with van der Waals surface area (Å²) >= 11 is 0. The van der Waals surface area contributed by atoms with Crippen molar-refractivity contribution in [3.05, 3.63) is 58.4 Å². The molecule has 0 unspecified atom stereocenters. The fourth-order valence-corrected chi connectivity index (χ4v) is 4.20. The van der Waals surface area contributed by atoms with Crippen molar-refractivity contribution >= 4 is 17.3 Å². The Labute approximate surface area is 160 Å². The molecular weight excluding hydrogens is 339 g/mol. The molecule has 0 radical (unpaired) electrons. The second-order valence-electron chi connectivity index (χ2n) is 8.49. The number of halogens is 1. The van der Waals surface area contributed by atoms with Gasteiger partial charge in [0.25, 0.3) is 0 Å². The number of fused-ring (bicyclic) bond motifs is 1. The fraction of sp³-hybridized carbons (Fsp3) is 0.435. The molecule has 0 atom stereocenters. The number of anilines is 2. The number of para-hydroxylation sites is 1. The van der Waals surface area contributed by atoms with Gasteiger partial charge in [-0.25, -0.2) is 4.39 Å². The maximum Gasteiger partial charge on any atom is 0.224 e. The summed E-state index contributed by atoms with van der Waals surface area (Å²) in [6, 6.07) is 9.11. The van der Waals surface area contributed by atoms with Crippen LogP contribution in [0.2, 0.25) is 0 Å². The van der Waals surface area contributed by atoms with E-state index in [9.17, 15) is 9.18 Å². The Morgan fingerprint density at radius 2 is 2.00 bits per heavy atom. The molecule has 27 heavy (non-hydrogen) atoms. The van der Waals surface area contributed by atoms with Crippen LogP contribution in [0.15, 0.2) is 30.3 Å². The van der Waals surface area contributed by atoms with Gasteiger partial charge in [0.1, 0.15) is 5.82 Å². The average Bonchev–Trinajstić information content (AvgIpc) is 3.35. The van der Waals surface area contributed by atoms with Gasteiger partial charge in [-0.1, -0.05) is 25.1 Å². The lowest BCUT2D eigenvalue weighted by Crippen LogP contribution is -2.32. The van der Waals surface area contributed by atoms with E-state index in [0.717, 1.165) is 42.6 Å². The monoisotopic (exact) mass is 366 g/mol. The van der Waals surface area contributed by atoms with Crippen LogP contribution in [0.5, 0.6) is 0 Å². The van der Waals surface area contributed by atoms with Crippen LogP contribution >= 0.6 is 0 Å². The summed E-state index contributed by atoms with van der Waals surface area (Å²) < 4.78 is 14.2. The Balaban J connectivity index is 1.57. The van der Waals surface area contributed by atoms with E-state index in [1.807, 2.05) is 19.1 Å². The van der Waals surface area contributed by atoms with Gasteiger partial charge in [-0.2, -0.15) is 0 Å². The van der Waals surface area contributed by atoms with Crippen LogP contribution in [0.1, 0.15) is 48.4 Å². The van der Waals surface area contributed by atoms with Gasteiger partial charge in [0.05, 0.1) is 5.69 Å². The summed E-state index contributed by atoms with van der Waals surface area (Å²) in [6.45, 7) is 7.80. The van der Waals surface area contributed by atoms with Crippen molar-refractivity contribution < 1.29 is 9.18 Å². The van der Waals surface area contributed by atoms with Crippen molar-refractivity contribution in [2.45, 2.75) is 53.0 Å². The number of amides is 1. The van der Waals surface area contributed by atoms with Crippen molar-refractivity contribution in [1.82, 2.24) is 0 Å². The largest absolute Gasteiger partial charge is 0.364 e. The quantitative estimate of drug-likeness (QED) is 0.813. The summed E-state index contributed by atoms with van der Waals surface area (Å²) in [4.78, 5) is 14.6. The minimum Gasteiger partial charge on any atom is -0.364 e. The lowest BCUT2D eigenvalue weighted by molar-refractivity contribution is -0.117. The third-order valence-corrected chi connectivity index (χ3v) is 6.14. The molecule has 4 rings (SSSR count). The van der Waals surface area contributed by atoms with E-state index < -0.39 is 0 Å². The van der Waals surface area contributed by atoms with Crippen molar-refractivity contribution in [3.63, 3.8) is 0 Å². The molecule has 142 valence electrons. The topological polar surface area (TPSA) is 32.3 Å². The number of nitrogens with zero attached hydrogens (tertiary/aromatic N) is 1. The molecule has 1 aliphatic carbocycles. The Hall–Kier alpha value is -2.36. The first-order chi connectivity index (χ1) is 12.9.